The number of imide groups is 1. The van der Waals surface area contributed by atoms with Gasteiger partial charge in [-0.05, 0) is 30.7 Å². The van der Waals surface area contributed by atoms with E-state index in [-0.39, 0.29) is 17.9 Å². The molecule has 10 heteroatoms. The molecule has 1 N–H and O–H groups in total. The summed E-state index contributed by atoms with van der Waals surface area (Å²) in [4.78, 5) is 48.6. The molecule has 0 aliphatic carbocycles. The van der Waals surface area contributed by atoms with Crippen LogP contribution in [0.5, 0.6) is 11.5 Å². The molecule has 2 heterocycles. The Hall–Kier alpha value is -3.95. The van der Waals surface area contributed by atoms with Crippen LogP contribution in [0.1, 0.15) is 39.2 Å². The van der Waals surface area contributed by atoms with Crippen molar-refractivity contribution in [1.29, 1.82) is 0 Å². The van der Waals surface area contributed by atoms with Crippen molar-refractivity contribution >= 4 is 23.4 Å². The molecule has 29 heavy (non-hydrogen) atoms. The first kappa shape index (κ1) is 18.4. The summed E-state index contributed by atoms with van der Waals surface area (Å²) in [6.45, 7) is 1.33. The number of nitro groups is 1. The van der Waals surface area contributed by atoms with Gasteiger partial charge in [0.2, 0.25) is 12.7 Å². The summed E-state index contributed by atoms with van der Waals surface area (Å²) in [5, 5.41) is 13.9. The molecule has 0 fully saturated rings. The van der Waals surface area contributed by atoms with Gasteiger partial charge in [0.15, 0.2) is 11.5 Å². The van der Waals surface area contributed by atoms with E-state index in [9.17, 15) is 24.5 Å². The van der Waals surface area contributed by atoms with E-state index in [4.69, 9.17) is 9.47 Å². The third kappa shape index (κ3) is 3.14. The van der Waals surface area contributed by atoms with Crippen LogP contribution in [0.15, 0.2) is 36.4 Å². The highest BCUT2D eigenvalue weighted by Gasteiger charge is 2.41. The molecule has 0 saturated carbocycles. The average Bonchev–Trinajstić information content (AvgIpc) is 3.26. The Labute approximate surface area is 164 Å². The number of hydrogen-bond donors (Lipinski definition) is 1. The zero-order valence-corrected chi connectivity index (χ0v) is 15.2. The van der Waals surface area contributed by atoms with Gasteiger partial charge >= 0.3 is 0 Å². The maximum atomic E-state index is 12.5. The Balaban J connectivity index is 1.47. The molecule has 2 aromatic rings. The Morgan fingerprint density at radius 3 is 2.72 bits per heavy atom. The van der Waals surface area contributed by atoms with E-state index >= 15 is 0 Å². The SMILES string of the molecule is C[C@H](NC(=O)CN1C(=O)c2cccc([N+](=O)[O-])c2C1=O)c1ccc2c(c1)OCO2. The van der Waals surface area contributed by atoms with Gasteiger partial charge in [0.05, 0.1) is 16.5 Å². The lowest BCUT2D eigenvalue weighted by molar-refractivity contribution is -0.385. The van der Waals surface area contributed by atoms with Crippen molar-refractivity contribution in [3.63, 3.8) is 0 Å². The Kier molecular flexibility index (Phi) is 4.38. The number of rotatable bonds is 5. The van der Waals surface area contributed by atoms with Crippen LogP contribution in [0, 0.1) is 10.1 Å². The fraction of sp³-hybridized carbons (Fsp3) is 0.211. The Bertz CT molecular complexity index is 1070. The van der Waals surface area contributed by atoms with Crippen LogP contribution < -0.4 is 14.8 Å². The molecule has 0 saturated heterocycles. The smallest absolute Gasteiger partial charge is 0.282 e. The number of carbonyl (C=O) groups excluding carboxylic acids is 3. The number of nitrogens with one attached hydrogen (secondary N) is 1. The van der Waals surface area contributed by atoms with Crippen molar-refractivity contribution in [2.24, 2.45) is 0 Å². The van der Waals surface area contributed by atoms with Crippen molar-refractivity contribution in [2.45, 2.75) is 13.0 Å². The van der Waals surface area contributed by atoms with Gasteiger partial charge in [-0.2, -0.15) is 0 Å². The van der Waals surface area contributed by atoms with Crippen LogP contribution >= 0.6 is 0 Å². The van der Waals surface area contributed by atoms with Crippen LogP contribution in [-0.4, -0.2) is 40.9 Å². The molecule has 10 nitrogen and oxygen atoms in total. The first-order valence-corrected chi connectivity index (χ1v) is 8.69. The summed E-state index contributed by atoms with van der Waals surface area (Å²) in [5.74, 6) is -0.994. The molecule has 0 radical (unpaired) electrons. The molecule has 148 valence electrons. The van der Waals surface area contributed by atoms with Crippen molar-refractivity contribution in [1.82, 2.24) is 10.2 Å². The molecule has 0 aromatic heterocycles. The zero-order chi connectivity index (χ0) is 20.7. The minimum Gasteiger partial charge on any atom is -0.454 e. The van der Waals surface area contributed by atoms with E-state index < -0.39 is 40.9 Å². The lowest BCUT2D eigenvalue weighted by Crippen LogP contribution is -2.41. The summed E-state index contributed by atoms with van der Waals surface area (Å²) in [6, 6.07) is 8.60. The highest BCUT2D eigenvalue weighted by Crippen LogP contribution is 2.34. The van der Waals surface area contributed by atoms with Crippen molar-refractivity contribution in [3.8, 4) is 11.5 Å². The monoisotopic (exact) mass is 397 g/mol. The molecule has 0 spiro atoms. The third-order valence-corrected chi connectivity index (χ3v) is 4.75. The first-order valence-electron chi connectivity index (χ1n) is 8.69. The minimum atomic E-state index is -0.858. The van der Waals surface area contributed by atoms with Crippen LogP contribution in [0.3, 0.4) is 0 Å². The van der Waals surface area contributed by atoms with E-state index in [2.05, 4.69) is 5.32 Å². The molecule has 0 unspecified atom stereocenters. The summed E-state index contributed by atoms with van der Waals surface area (Å²) in [7, 11) is 0. The summed E-state index contributed by atoms with van der Waals surface area (Å²) in [6.07, 6.45) is 0. The normalized spacial score (nSPS) is 15.3. The maximum absolute atomic E-state index is 12.5. The molecule has 1 atom stereocenters. The van der Waals surface area contributed by atoms with Gasteiger partial charge in [0, 0.05) is 6.07 Å². The van der Waals surface area contributed by atoms with E-state index in [1.807, 2.05) is 0 Å². The van der Waals surface area contributed by atoms with Gasteiger partial charge < -0.3 is 14.8 Å². The van der Waals surface area contributed by atoms with Crippen LogP contribution in [0.25, 0.3) is 0 Å². The number of amides is 3. The standard InChI is InChI=1S/C19H15N3O7/c1-10(11-5-6-14-15(7-11)29-9-28-14)20-16(23)8-21-18(24)12-3-2-4-13(22(26)27)17(12)19(21)25/h2-7,10H,8-9H2,1H3,(H,20,23)/t10-/m0/s1. The molecular formula is C19H15N3O7. The molecule has 2 aliphatic heterocycles. The number of nitro benzene ring substituents is 1. The van der Waals surface area contributed by atoms with E-state index in [0.717, 1.165) is 11.6 Å². The number of nitrogens with zero attached hydrogens (tertiary/aromatic N) is 2. The highest BCUT2D eigenvalue weighted by atomic mass is 16.7. The van der Waals surface area contributed by atoms with Gasteiger partial charge in [-0.15, -0.1) is 0 Å². The zero-order valence-electron chi connectivity index (χ0n) is 15.2. The van der Waals surface area contributed by atoms with Crippen molar-refractivity contribution < 1.29 is 28.8 Å². The summed E-state index contributed by atoms with van der Waals surface area (Å²) >= 11 is 0. The minimum absolute atomic E-state index is 0.0826. The fourth-order valence-electron chi connectivity index (χ4n) is 3.31. The second-order valence-electron chi connectivity index (χ2n) is 6.56. The van der Waals surface area contributed by atoms with Gasteiger partial charge in [-0.1, -0.05) is 12.1 Å². The van der Waals surface area contributed by atoms with Crippen LogP contribution in [-0.2, 0) is 4.79 Å². The number of benzene rings is 2. The predicted octanol–water partition coefficient (Wildman–Crippen LogP) is 1.80. The molecule has 2 aromatic carbocycles. The van der Waals surface area contributed by atoms with Crippen LogP contribution in [0.2, 0.25) is 0 Å². The summed E-state index contributed by atoms with van der Waals surface area (Å²) in [5.41, 5.74) is -0.0852. The fourth-order valence-corrected chi connectivity index (χ4v) is 3.31. The van der Waals surface area contributed by atoms with Gasteiger partial charge in [-0.25, -0.2) is 0 Å². The quantitative estimate of drug-likeness (QED) is 0.463. The van der Waals surface area contributed by atoms with Crippen LogP contribution in [0.4, 0.5) is 5.69 Å². The molecule has 4 rings (SSSR count). The maximum Gasteiger partial charge on any atom is 0.282 e. The first-order chi connectivity index (χ1) is 13.9. The Morgan fingerprint density at radius 2 is 1.97 bits per heavy atom. The largest absolute Gasteiger partial charge is 0.454 e. The molecule has 3 amide bonds. The topological polar surface area (TPSA) is 128 Å². The van der Waals surface area contributed by atoms with Crippen molar-refractivity contribution in [2.75, 3.05) is 13.3 Å². The summed E-state index contributed by atoms with van der Waals surface area (Å²) < 4.78 is 10.6. The van der Waals surface area contributed by atoms with Crippen molar-refractivity contribution in [3.05, 3.63) is 63.2 Å². The highest BCUT2D eigenvalue weighted by molar-refractivity contribution is 6.24. The van der Waals surface area contributed by atoms with Gasteiger partial charge in [-0.3, -0.25) is 29.4 Å². The van der Waals surface area contributed by atoms with E-state index in [1.165, 1.54) is 12.1 Å². The van der Waals surface area contributed by atoms with E-state index in [1.54, 1.807) is 25.1 Å². The predicted molar refractivity (Wildman–Crippen MR) is 97.6 cm³/mol. The lowest BCUT2D eigenvalue weighted by Gasteiger charge is -2.18. The van der Waals surface area contributed by atoms with Gasteiger partial charge in [0.25, 0.3) is 17.5 Å². The Morgan fingerprint density at radius 1 is 1.21 bits per heavy atom. The van der Waals surface area contributed by atoms with E-state index in [0.29, 0.717) is 16.4 Å². The molecule has 2 aliphatic rings. The second-order valence-corrected chi connectivity index (χ2v) is 6.56. The van der Waals surface area contributed by atoms with Gasteiger partial charge in [0.1, 0.15) is 12.1 Å². The molecular weight excluding hydrogens is 382 g/mol. The number of hydrogen-bond acceptors (Lipinski definition) is 7. The third-order valence-electron chi connectivity index (χ3n) is 4.75. The average molecular weight is 397 g/mol. The molecule has 0 bridgehead atoms. The number of ether oxygens (including phenoxy) is 2. The number of carbonyl (C=O) groups is 3. The lowest BCUT2D eigenvalue weighted by atomic mass is 10.1. The second kappa shape index (κ2) is 6.89. The number of fused-ring (bicyclic) bond motifs is 2.